The Bertz CT molecular complexity index is 749. The van der Waals surface area contributed by atoms with E-state index in [4.69, 9.17) is 4.74 Å². The van der Waals surface area contributed by atoms with Crippen LogP contribution in [-0.2, 0) is 11.3 Å². The molecule has 8 nitrogen and oxygen atoms in total. The van der Waals surface area contributed by atoms with E-state index in [1.165, 1.54) is 18.2 Å². The molecule has 8 heteroatoms. The molecule has 0 amide bonds. The van der Waals surface area contributed by atoms with Crippen LogP contribution >= 0.6 is 0 Å². The molecule has 1 fully saturated rings. The second kappa shape index (κ2) is 7.27. The number of nitro groups is 2. The average Bonchev–Trinajstić information content (AvgIpc) is 3.08. The van der Waals surface area contributed by atoms with Crippen molar-refractivity contribution < 1.29 is 14.6 Å². The maximum Gasteiger partial charge on any atom is 0.299 e. The number of hydrogen-bond acceptors (Lipinski definition) is 6. The van der Waals surface area contributed by atoms with Crippen LogP contribution in [0, 0.1) is 20.2 Å². The smallest absolute Gasteiger partial charge is 0.299 e. The van der Waals surface area contributed by atoms with Crippen molar-refractivity contribution in [2.24, 2.45) is 0 Å². The van der Waals surface area contributed by atoms with Crippen LogP contribution in [0.1, 0.15) is 12.0 Å². The lowest BCUT2D eigenvalue weighted by atomic mass is 10.2. The van der Waals surface area contributed by atoms with E-state index in [2.05, 4.69) is 0 Å². The van der Waals surface area contributed by atoms with Gasteiger partial charge in [0.05, 0.1) is 22.6 Å². The van der Waals surface area contributed by atoms with Crippen molar-refractivity contribution in [1.29, 1.82) is 0 Å². The number of rotatable bonds is 6. The summed E-state index contributed by atoms with van der Waals surface area (Å²) in [4.78, 5) is 23.0. The van der Waals surface area contributed by atoms with Crippen LogP contribution < -0.4 is 4.90 Å². The first-order valence-electron chi connectivity index (χ1n) is 7.88. The number of hydrogen-bond donors (Lipinski definition) is 0. The van der Waals surface area contributed by atoms with Gasteiger partial charge in [-0.1, -0.05) is 30.3 Å². The van der Waals surface area contributed by atoms with Crippen molar-refractivity contribution in [1.82, 2.24) is 0 Å². The lowest BCUT2D eigenvalue weighted by molar-refractivity contribution is -0.392. The number of ether oxygens (including phenoxy) is 1. The molecule has 3 rings (SSSR count). The summed E-state index contributed by atoms with van der Waals surface area (Å²) in [6.07, 6.45) is 0.537. The molecule has 0 saturated carbocycles. The summed E-state index contributed by atoms with van der Waals surface area (Å²) in [5.74, 6) is 0. The Balaban J connectivity index is 1.75. The van der Waals surface area contributed by atoms with Gasteiger partial charge in [0.1, 0.15) is 0 Å². The van der Waals surface area contributed by atoms with Crippen molar-refractivity contribution in [3.05, 3.63) is 74.3 Å². The van der Waals surface area contributed by atoms with E-state index in [1.54, 1.807) is 4.90 Å². The van der Waals surface area contributed by atoms with Gasteiger partial charge in [-0.25, -0.2) is 0 Å². The molecular weight excluding hydrogens is 326 g/mol. The van der Waals surface area contributed by atoms with Gasteiger partial charge in [-0.2, -0.15) is 0 Å². The first-order valence-corrected chi connectivity index (χ1v) is 7.88. The summed E-state index contributed by atoms with van der Waals surface area (Å²) in [7, 11) is 0. The van der Waals surface area contributed by atoms with Gasteiger partial charge < -0.3 is 9.64 Å². The van der Waals surface area contributed by atoms with Gasteiger partial charge in [0.2, 0.25) is 0 Å². The molecule has 130 valence electrons. The minimum atomic E-state index is -0.583. The van der Waals surface area contributed by atoms with E-state index in [0.29, 0.717) is 26.1 Å². The van der Waals surface area contributed by atoms with Crippen molar-refractivity contribution >= 4 is 17.1 Å². The Morgan fingerprint density at radius 2 is 1.64 bits per heavy atom. The molecule has 0 bridgehead atoms. The molecule has 1 aliphatic heterocycles. The fourth-order valence-electron chi connectivity index (χ4n) is 2.99. The van der Waals surface area contributed by atoms with E-state index in [-0.39, 0.29) is 23.2 Å². The summed E-state index contributed by atoms with van der Waals surface area (Å²) in [6.45, 7) is 1.31. The van der Waals surface area contributed by atoms with E-state index in [0.717, 1.165) is 5.56 Å². The number of nitrogens with zero attached hydrogens (tertiary/aromatic N) is 3. The van der Waals surface area contributed by atoms with Gasteiger partial charge in [0, 0.05) is 25.2 Å². The van der Waals surface area contributed by atoms with Crippen LogP contribution in [0.5, 0.6) is 0 Å². The van der Waals surface area contributed by atoms with Crippen molar-refractivity contribution in [3.8, 4) is 0 Å². The molecule has 0 spiro atoms. The molecule has 1 atom stereocenters. The van der Waals surface area contributed by atoms with Gasteiger partial charge in [0.15, 0.2) is 5.69 Å². The normalized spacial score (nSPS) is 16.8. The Morgan fingerprint density at radius 3 is 2.24 bits per heavy atom. The SMILES string of the molecule is O=[N+]([O-])c1cccc([N+](=O)[O-])c1N1CC[C@@H](OCc2ccccc2)C1. The number of nitro benzene ring substituents is 2. The molecular formula is C17H17N3O5. The third-order valence-electron chi connectivity index (χ3n) is 4.18. The van der Waals surface area contributed by atoms with Crippen LogP contribution in [0.2, 0.25) is 0 Å². The van der Waals surface area contributed by atoms with E-state index in [1.807, 2.05) is 30.3 Å². The molecule has 2 aromatic carbocycles. The highest BCUT2D eigenvalue weighted by Gasteiger charge is 2.34. The average molecular weight is 343 g/mol. The number of anilines is 1. The Hall–Kier alpha value is -3.00. The lowest BCUT2D eigenvalue weighted by Crippen LogP contribution is -2.24. The van der Waals surface area contributed by atoms with Crippen molar-refractivity contribution in [3.63, 3.8) is 0 Å². The lowest BCUT2D eigenvalue weighted by Gasteiger charge is -2.18. The number of para-hydroxylation sites is 1. The fourth-order valence-corrected chi connectivity index (χ4v) is 2.99. The van der Waals surface area contributed by atoms with Gasteiger partial charge in [-0.3, -0.25) is 20.2 Å². The van der Waals surface area contributed by atoms with Gasteiger partial charge >= 0.3 is 0 Å². The monoisotopic (exact) mass is 343 g/mol. The highest BCUT2D eigenvalue weighted by atomic mass is 16.6. The Kier molecular flexibility index (Phi) is 4.90. The van der Waals surface area contributed by atoms with E-state index < -0.39 is 9.85 Å². The van der Waals surface area contributed by atoms with Crippen molar-refractivity contribution in [2.45, 2.75) is 19.1 Å². The summed E-state index contributed by atoms with van der Waals surface area (Å²) in [5.41, 5.74) is 0.594. The topological polar surface area (TPSA) is 98.8 Å². The molecule has 1 saturated heterocycles. The third kappa shape index (κ3) is 3.74. The van der Waals surface area contributed by atoms with Crippen LogP contribution in [0.3, 0.4) is 0 Å². The summed E-state index contributed by atoms with van der Waals surface area (Å²) >= 11 is 0. The second-order valence-corrected chi connectivity index (χ2v) is 5.81. The third-order valence-corrected chi connectivity index (χ3v) is 4.18. The molecule has 0 aliphatic carbocycles. The molecule has 25 heavy (non-hydrogen) atoms. The molecule has 0 radical (unpaired) electrons. The van der Waals surface area contributed by atoms with Crippen LogP contribution in [0.25, 0.3) is 0 Å². The minimum Gasteiger partial charge on any atom is -0.372 e. The molecule has 0 aromatic heterocycles. The predicted octanol–water partition coefficient (Wildman–Crippen LogP) is 3.30. The predicted molar refractivity (Wildman–Crippen MR) is 91.6 cm³/mol. The van der Waals surface area contributed by atoms with Gasteiger partial charge in [-0.05, 0) is 18.1 Å². The molecule has 0 N–H and O–H groups in total. The molecule has 2 aromatic rings. The van der Waals surface area contributed by atoms with Crippen molar-refractivity contribution in [2.75, 3.05) is 18.0 Å². The maximum atomic E-state index is 11.3. The minimum absolute atomic E-state index is 0.0586. The molecule has 1 heterocycles. The highest BCUT2D eigenvalue weighted by Crippen LogP contribution is 2.39. The summed E-state index contributed by atoms with van der Waals surface area (Å²) in [6, 6.07) is 13.6. The van der Waals surface area contributed by atoms with Crippen LogP contribution in [0.4, 0.5) is 17.1 Å². The molecule has 1 aliphatic rings. The van der Waals surface area contributed by atoms with Gasteiger partial charge in [0.25, 0.3) is 11.4 Å². The van der Waals surface area contributed by atoms with Crippen LogP contribution in [0.15, 0.2) is 48.5 Å². The largest absolute Gasteiger partial charge is 0.372 e. The zero-order chi connectivity index (χ0) is 17.8. The van der Waals surface area contributed by atoms with Gasteiger partial charge in [-0.15, -0.1) is 0 Å². The maximum absolute atomic E-state index is 11.3. The zero-order valence-electron chi connectivity index (χ0n) is 13.4. The summed E-state index contributed by atoms with van der Waals surface area (Å²) < 4.78 is 5.86. The van der Waals surface area contributed by atoms with E-state index >= 15 is 0 Å². The van der Waals surface area contributed by atoms with Crippen LogP contribution in [-0.4, -0.2) is 29.0 Å². The summed E-state index contributed by atoms with van der Waals surface area (Å²) in [5, 5.41) is 22.5. The Labute approximate surface area is 143 Å². The highest BCUT2D eigenvalue weighted by molar-refractivity contribution is 5.75. The second-order valence-electron chi connectivity index (χ2n) is 5.81. The quantitative estimate of drug-likeness (QED) is 0.589. The fraction of sp³-hybridized carbons (Fsp3) is 0.294. The Morgan fingerprint density at radius 1 is 1.00 bits per heavy atom. The van der Waals surface area contributed by atoms with E-state index in [9.17, 15) is 20.2 Å². The first kappa shape index (κ1) is 16.8. The molecule has 0 unspecified atom stereocenters. The number of benzene rings is 2. The zero-order valence-corrected chi connectivity index (χ0v) is 13.4. The first-order chi connectivity index (χ1) is 12.1. The standard InChI is InChI=1S/C17H17N3O5/c21-19(22)15-7-4-8-16(20(23)24)17(15)18-10-9-14(11-18)25-12-13-5-2-1-3-6-13/h1-8,14H,9-12H2/t14-/m1/s1.